The standard InChI is InChI=1S/C18H12O6Si/c19-15-11-3-1-9(5-13(11)17(21)23-15)7-25-8-10-2-4-12-14(6-10)18(22)24-16(12)20/h1-6H,7-8,25H2. The zero-order valence-electron chi connectivity index (χ0n) is 13.0. The molecule has 0 saturated heterocycles. The normalized spacial score (nSPS) is 15.0. The number of benzene rings is 2. The molecular formula is C18H12O6Si. The van der Waals surface area contributed by atoms with Gasteiger partial charge < -0.3 is 9.47 Å². The van der Waals surface area contributed by atoms with E-state index in [2.05, 4.69) is 9.47 Å². The first-order valence-corrected chi connectivity index (χ1v) is 9.82. The minimum atomic E-state index is -0.594. The fourth-order valence-corrected chi connectivity index (χ4v) is 4.69. The SMILES string of the molecule is O=C1OC(=O)c2cc(C[SiH2]Cc3ccc4c(c3)C(=O)OC4=O)ccc21. The second-order valence-electron chi connectivity index (χ2n) is 5.97. The van der Waals surface area contributed by atoms with Crippen LogP contribution < -0.4 is 0 Å². The molecule has 2 aliphatic heterocycles. The predicted octanol–water partition coefficient (Wildman–Crippen LogP) is 1.18. The van der Waals surface area contributed by atoms with E-state index in [0.717, 1.165) is 23.2 Å². The summed E-state index contributed by atoms with van der Waals surface area (Å²) in [7, 11) is -0.550. The van der Waals surface area contributed by atoms with Gasteiger partial charge in [0.15, 0.2) is 0 Å². The lowest BCUT2D eigenvalue weighted by Crippen LogP contribution is -2.04. The largest absolute Gasteiger partial charge is 0.386 e. The molecule has 0 unspecified atom stereocenters. The Hall–Kier alpha value is -3.06. The first-order chi connectivity index (χ1) is 12.0. The van der Waals surface area contributed by atoms with Crippen LogP contribution in [0.1, 0.15) is 52.6 Å². The van der Waals surface area contributed by atoms with Crippen molar-refractivity contribution in [1.29, 1.82) is 0 Å². The van der Waals surface area contributed by atoms with Gasteiger partial charge in [-0.3, -0.25) is 0 Å². The summed E-state index contributed by atoms with van der Waals surface area (Å²) in [6.07, 6.45) is 0. The van der Waals surface area contributed by atoms with E-state index in [9.17, 15) is 19.2 Å². The Balaban J connectivity index is 1.44. The molecule has 0 aromatic heterocycles. The van der Waals surface area contributed by atoms with Gasteiger partial charge >= 0.3 is 23.9 Å². The Morgan fingerprint density at radius 3 is 1.44 bits per heavy atom. The summed E-state index contributed by atoms with van der Waals surface area (Å²) >= 11 is 0. The highest BCUT2D eigenvalue weighted by Gasteiger charge is 2.30. The average molecular weight is 352 g/mol. The van der Waals surface area contributed by atoms with E-state index < -0.39 is 33.4 Å². The summed E-state index contributed by atoms with van der Waals surface area (Å²) in [5.41, 5.74) is 3.28. The molecule has 0 spiro atoms. The molecule has 124 valence electrons. The van der Waals surface area contributed by atoms with Crippen LogP contribution in [0, 0.1) is 0 Å². The van der Waals surface area contributed by atoms with Gasteiger partial charge in [0, 0.05) is 9.52 Å². The molecule has 0 aliphatic carbocycles. The number of hydrogen-bond acceptors (Lipinski definition) is 6. The number of esters is 4. The highest BCUT2D eigenvalue weighted by molar-refractivity contribution is 6.34. The van der Waals surface area contributed by atoms with Gasteiger partial charge in [-0.05, 0) is 36.4 Å². The van der Waals surface area contributed by atoms with Crippen LogP contribution in [0.3, 0.4) is 0 Å². The molecule has 2 heterocycles. The molecule has 0 amide bonds. The zero-order chi connectivity index (χ0) is 17.6. The smallest absolute Gasteiger partial charge is 0.346 e. The van der Waals surface area contributed by atoms with Crippen molar-refractivity contribution in [2.24, 2.45) is 0 Å². The van der Waals surface area contributed by atoms with Crippen molar-refractivity contribution < 1.29 is 28.7 Å². The molecule has 0 bridgehead atoms. The highest BCUT2D eigenvalue weighted by atomic mass is 28.2. The molecule has 4 rings (SSSR count). The molecule has 0 fully saturated rings. The van der Waals surface area contributed by atoms with Crippen molar-refractivity contribution in [1.82, 2.24) is 0 Å². The summed E-state index contributed by atoms with van der Waals surface area (Å²) in [5.74, 6) is -2.37. The summed E-state index contributed by atoms with van der Waals surface area (Å²) in [4.78, 5) is 46.0. The fourth-order valence-electron chi connectivity index (χ4n) is 3.07. The van der Waals surface area contributed by atoms with E-state index in [1.54, 1.807) is 24.3 Å². The van der Waals surface area contributed by atoms with Gasteiger partial charge in [-0.2, -0.15) is 0 Å². The lowest BCUT2D eigenvalue weighted by Gasteiger charge is -2.04. The molecule has 2 aromatic carbocycles. The maximum absolute atomic E-state index is 11.6. The predicted molar refractivity (Wildman–Crippen MR) is 88.3 cm³/mol. The Kier molecular flexibility index (Phi) is 3.58. The molecule has 0 N–H and O–H groups in total. The lowest BCUT2D eigenvalue weighted by molar-refractivity contribution is 0.0425. The first-order valence-electron chi connectivity index (χ1n) is 7.82. The van der Waals surface area contributed by atoms with Crippen molar-refractivity contribution in [3.63, 3.8) is 0 Å². The molecular weight excluding hydrogens is 340 g/mol. The Bertz CT molecular complexity index is 885. The number of carbonyl (C=O) groups is 4. The fraction of sp³-hybridized carbons (Fsp3) is 0.111. The zero-order valence-corrected chi connectivity index (χ0v) is 14.4. The van der Waals surface area contributed by atoms with Crippen LogP contribution in [-0.4, -0.2) is 33.4 Å². The van der Waals surface area contributed by atoms with Crippen LogP contribution in [0.25, 0.3) is 0 Å². The molecule has 0 atom stereocenters. The average Bonchev–Trinajstić information content (AvgIpc) is 3.04. The number of fused-ring (bicyclic) bond motifs is 2. The minimum absolute atomic E-state index is 0.317. The van der Waals surface area contributed by atoms with E-state index in [1.807, 2.05) is 12.1 Å². The van der Waals surface area contributed by atoms with Crippen LogP contribution in [0.4, 0.5) is 0 Å². The highest BCUT2D eigenvalue weighted by Crippen LogP contribution is 2.23. The molecule has 25 heavy (non-hydrogen) atoms. The maximum atomic E-state index is 11.6. The van der Waals surface area contributed by atoms with E-state index in [0.29, 0.717) is 22.3 Å². The quantitative estimate of drug-likeness (QED) is 0.466. The van der Waals surface area contributed by atoms with Crippen molar-refractivity contribution in [3.05, 3.63) is 69.8 Å². The van der Waals surface area contributed by atoms with E-state index >= 15 is 0 Å². The topological polar surface area (TPSA) is 86.7 Å². The summed E-state index contributed by atoms with van der Waals surface area (Å²) in [6, 6.07) is 12.1. The van der Waals surface area contributed by atoms with Crippen LogP contribution in [0.5, 0.6) is 0 Å². The number of ether oxygens (including phenoxy) is 2. The van der Waals surface area contributed by atoms with Crippen molar-refractivity contribution in [2.45, 2.75) is 12.1 Å². The van der Waals surface area contributed by atoms with Crippen LogP contribution in [0.15, 0.2) is 36.4 Å². The van der Waals surface area contributed by atoms with Crippen molar-refractivity contribution >= 4 is 33.4 Å². The van der Waals surface area contributed by atoms with Crippen LogP contribution >= 0.6 is 0 Å². The van der Waals surface area contributed by atoms with E-state index in [4.69, 9.17) is 0 Å². The molecule has 2 aliphatic rings. The lowest BCUT2D eigenvalue weighted by atomic mass is 10.1. The Labute approximate surface area is 144 Å². The van der Waals surface area contributed by atoms with Crippen molar-refractivity contribution in [2.75, 3.05) is 0 Å². The van der Waals surface area contributed by atoms with Gasteiger partial charge in [-0.25, -0.2) is 19.2 Å². The Morgan fingerprint density at radius 2 is 1.00 bits per heavy atom. The van der Waals surface area contributed by atoms with Gasteiger partial charge in [0.25, 0.3) is 0 Å². The van der Waals surface area contributed by atoms with Gasteiger partial charge in [0.1, 0.15) is 0 Å². The van der Waals surface area contributed by atoms with Gasteiger partial charge in [0.2, 0.25) is 0 Å². The third kappa shape index (κ3) is 2.68. The van der Waals surface area contributed by atoms with Gasteiger partial charge in [0.05, 0.1) is 22.3 Å². The summed E-state index contributed by atoms with van der Waals surface area (Å²) < 4.78 is 9.17. The van der Waals surface area contributed by atoms with Crippen LogP contribution in [0.2, 0.25) is 0 Å². The number of cyclic esters (lactones) is 4. The van der Waals surface area contributed by atoms with Gasteiger partial charge in [-0.1, -0.05) is 23.3 Å². The number of carbonyl (C=O) groups excluding carboxylic acids is 4. The molecule has 7 heteroatoms. The summed E-state index contributed by atoms with van der Waals surface area (Å²) in [5, 5.41) is 0. The minimum Gasteiger partial charge on any atom is -0.386 e. The second kappa shape index (κ2) is 5.78. The monoisotopic (exact) mass is 352 g/mol. The summed E-state index contributed by atoms with van der Waals surface area (Å²) in [6.45, 7) is 0. The van der Waals surface area contributed by atoms with E-state index in [1.165, 1.54) is 0 Å². The first kappa shape index (κ1) is 15.5. The second-order valence-corrected chi connectivity index (χ2v) is 7.67. The molecule has 2 aromatic rings. The number of rotatable bonds is 4. The third-order valence-electron chi connectivity index (χ3n) is 4.35. The molecule has 0 radical (unpaired) electrons. The van der Waals surface area contributed by atoms with Crippen LogP contribution in [-0.2, 0) is 21.6 Å². The van der Waals surface area contributed by atoms with E-state index in [-0.39, 0.29) is 0 Å². The maximum Gasteiger partial charge on any atom is 0.346 e. The molecule has 0 saturated carbocycles. The third-order valence-corrected chi connectivity index (χ3v) is 6.21. The van der Waals surface area contributed by atoms with Gasteiger partial charge in [-0.15, -0.1) is 0 Å². The Morgan fingerprint density at radius 1 is 0.600 bits per heavy atom. The number of hydrogen-bond donors (Lipinski definition) is 0. The van der Waals surface area contributed by atoms with Crippen molar-refractivity contribution in [3.8, 4) is 0 Å². The molecule has 6 nitrogen and oxygen atoms in total.